The molecule has 0 unspecified atom stereocenters. The maximum absolute atomic E-state index is 12.3. The van der Waals surface area contributed by atoms with Crippen molar-refractivity contribution in [1.29, 1.82) is 0 Å². The van der Waals surface area contributed by atoms with Crippen LogP contribution >= 0.6 is 0 Å². The van der Waals surface area contributed by atoms with Crippen molar-refractivity contribution in [2.24, 2.45) is 5.92 Å². The summed E-state index contributed by atoms with van der Waals surface area (Å²) in [4.78, 5) is 14.7. The van der Waals surface area contributed by atoms with Crippen LogP contribution in [-0.2, 0) is 4.74 Å². The molecule has 0 bridgehead atoms. The van der Waals surface area contributed by atoms with Gasteiger partial charge in [0.2, 0.25) is 0 Å². The largest absolute Gasteiger partial charge is 0.383 e. The lowest BCUT2D eigenvalue weighted by molar-refractivity contribution is 0.0936. The van der Waals surface area contributed by atoms with E-state index >= 15 is 0 Å². The molecule has 1 saturated heterocycles. The van der Waals surface area contributed by atoms with Gasteiger partial charge in [0.25, 0.3) is 5.91 Å². The fourth-order valence-electron chi connectivity index (χ4n) is 3.04. The predicted octanol–water partition coefficient (Wildman–Crippen LogP) is -0.575. The average molecular weight is 315 g/mol. The minimum Gasteiger partial charge on any atom is -0.383 e. The van der Waals surface area contributed by atoms with E-state index in [1.165, 1.54) is 5.22 Å². The van der Waals surface area contributed by atoms with Crippen LogP contribution in [0.25, 0.3) is 12.3 Å². The maximum Gasteiger partial charge on any atom is 0.251 e. The van der Waals surface area contributed by atoms with E-state index in [0.29, 0.717) is 13.2 Å². The second-order valence-electron chi connectivity index (χ2n) is 6.36. The van der Waals surface area contributed by atoms with Crippen molar-refractivity contribution in [3.63, 3.8) is 0 Å². The molecule has 0 saturated carbocycles. The molecule has 5 nitrogen and oxygen atoms in total. The summed E-state index contributed by atoms with van der Waals surface area (Å²) < 4.78 is 4.98. The standard InChI is InChI=1S/C18H25N3O2/c1-13-7-15-3-5-21(11-14-9-19-10-14)12-16(15)8-17(13)18(22)20-4-6-23-2/h3,7-8,12,14,19H,4-6,9-11H2,1-2H3,(H,20,22). The molecule has 5 heteroatoms. The summed E-state index contributed by atoms with van der Waals surface area (Å²) in [6.45, 7) is 7.29. The van der Waals surface area contributed by atoms with Crippen molar-refractivity contribution < 1.29 is 9.53 Å². The van der Waals surface area contributed by atoms with Crippen molar-refractivity contribution in [1.82, 2.24) is 15.5 Å². The van der Waals surface area contributed by atoms with Gasteiger partial charge in [-0.25, -0.2) is 0 Å². The minimum atomic E-state index is -0.0314. The van der Waals surface area contributed by atoms with Crippen LogP contribution in [0.3, 0.4) is 0 Å². The van der Waals surface area contributed by atoms with Crippen LogP contribution in [0.5, 0.6) is 0 Å². The molecule has 0 atom stereocenters. The molecule has 2 N–H and O–H groups in total. The van der Waals surface area contributed by atoms with Gasteiger partial charge in [0.15, 0.2) is 0 Å². The first-order valence-electron chi connectivity index (χ1n) is 8.22. The molecule has 1 fully saturated rings. The Morgan fingerprint density at radius 3 is 2.91 bits per heavy atom. The molecule has 0 spiro atoms. The summed E-state index contributed by atoms with van der Waals surface area (Å²) in [5.74, 6) is 0.708. The number of methoxy groups -OCH3 is 1. The van der Waals surface area contributed by atoms with E-state index in [0.717, 1.165) is 48.4 Å². The van der Waals surface area contributed by atoms with Gasteiger partial charge in [0.05, 0.1) is 6.61 Å². The van der Waals surface area contributed by atoms with Crippen LogP contribution in [0.1, 0.15) is 15.9 Å². The molecule has 1 amide bonds. The van der Waals surface area contributed by atoms with E-state index in [-0.39, 0.29) is 5.91 Å². The molecule has 23 heavy (non-hydrogen) atoms. The van der Waals surface area contributed by atoms with Gasteiger partial charge in [-0.3, -0.25) is 4.79 Å². The number of aryl methyl sites for hydroxylation is 1. The van der Waals surface area contributed by atoms with Gasteiger partial charge < -0.3 is 20.3 Å². The van der Waals surface area contributed by atoms with E-state index in [1.54, 1.807) is 7.11 Å². The highest BCUT2D eigenvalue weighted by molar-refractivity contribution is 5.95. The van der Waals surface area contributed by atoms with Crippen molar-refractivity contribution in [2.45, 2.75) is 6.92 Å². The van der Waals surface area contributed by atoms with E-state index in [2.05, 4.69) is 33.9 Å². The molecule has 0 aromatic heterocycles. The molecule has 0 radical (unpaired) electrons. The van der Waals surface area contributed by atoms with Gasteiger partial charge in [-0.2, -0.15) is 0 Å². The summed E-state index contributed by atoms with van der Waals surface area (Å²) >= 11 is 0. The molecule has 1 aromatic carbocycles. The Balaban J connectivity index is 1.79. The summed E-state index contributed by atoms with van der Waals surface area (Å²) in [5, 5.41) is 8.56. The van der Waals surface area contributed by atoms with E-state index in [4.69, 9.17) is 4.74 Å². The normalized spacial score (nSPS) is 16.9. The first-order chi connectivity index (χ1) is 11.2. The summed E-state index contributed by atoms with van der Waals surface area (Å²) in [6.07, 6.45) is 4.44. The zero-order valence-corrected chi connectivity index (χ0v) is 13.9. The number of carbonyl (C=O) groups is 1. The number of benzene rings is 1. The number of carbonyl (C=O) groups excluding carboxylic acids is 1. The smallest absolute Gasteiger partial charge is 0.251 e. The maximum atomic E-state index is 12.3. The quantitative estimate of drug-likeness (QED) is 0.690. The number of ether oxygens (including phenoxy) is 1. The number of hydrogen-bond donors (Lipinski definition) is 2. The van der Waals surface area contributed by atoms with Crippen LogP contribution < -0.4 is 21.1 Å². The predicted molar refractivity (Wildman–Crippen MR) is 91.5 cm³/mol. The van der Waals surface area contributed by atoms with E-state index in [9.17, 15) is 4.79 Å². The molecule has 0 aliphatic carbocycles. The number of fused-ring (bicyclic) bond motifs is 1. The lowest BCUT2D eigenvalue weighted by atomic mass is 10.0. The molecular formula is C18H25N3O2. The molecule has 124 valence electrons. The highest BCUT2D eigenvalue weighted by Crippen LogP contribution is 2.08. The SMILES string of the molecule is COCCNC(=O)c1cc2c(cc1C)=CCN(CC1CNC1)C=2. The second kappa shape index (κ2) is 7.15. The molecule has 1 aromatic rings. The van der Waals surface area contributed by atoms with Crippen LogP contribution in [0.4, 0.5) is 0 Å². The van der Waals surface area contributed by atoms with E-state index < -0.39 is 0 Å². The Labute approximate surface area is 137 Å². The molecule has 2 aliphatic heterocycles. The number of nitrogens with one attached hydrogen (secondary N) is 2. The molecule has 2 aliphatic rings. The van der Waals surface area contributed by atoms with Gasteiger partial charge in [0, 0.05) is 57.5 Å². The number of hydrogen-bond acceptors (Lipinski definition) is 4. The lowest BCUT2D eigenvalue weighted by Gasteiger charge is -2.33. The highest BCUT2D eigenvalue weighted by Gasteiger charge is 2.19. The number of amides is 1. The number of rotatable bonds is 6. The van der Waals surface area contributed by atoms with Gasteiger partial charge in [-0.15, -0.1) is 0 Å². The summed E-state index contributed by atoms with van der Waals surface area (Å²) in [6, 6.07) is 4.12. The zero-order valence-electron chi connectivity index (χ0n) is 13.9. The highest BCUT2D eigenvalue weighted by atomic mass is 16.5. The Morgan fingerprint density at radius 2 is 2.22 bits per heavy atom. The van der Waals surface area contributed by atoms with Crippen LogP contribution in [0, 0.1) is 12.8 Å². The second-order valence-corrected chi connectivity index (χ2v) is 6.36. The van der Waals surface area contributed by atoms with Crippen LogP contribution in [0.15, 0.2) is 12.1 Å². The first kappa shape index (κ1) is 16.0. The average Bonchev–Trinajstić information content (AvgIpc) is 2.50. The van der Waals surface area contributed by atoms with Crippen molar-refractivity contribution in [2.75, 3.05) is 46.4 Å². The Kier molecular flexibility index (Phi) is 4.98. The minimum absolute atomic E-state index is 0.0314. The third kappa shape index (κ3) is 3.74. The summed E-state index contributed by atoms with van der Waals surface area (Å²) in [7, 11) is 1.63. The number of nitrogens with zero attached hydrogens (tertiary/aromatic N) is 1. The van der Waals surface area contributed by atoms with Gasteiger partial charge in [0.1, 0.15) is 0 Å². The lowest BCUT2D eigenvalue weighted by Crippen LogP contribution is -2.48. The molecule has 3 rings (SSSR count). The van der Waals surface area contributed by atoms with Gasteiger partial charge in [-0.1, -0.05) is 12.1 Å². The van der Waals surface area contributed by atoms with Crippen molar-refractivity contribution in [3.05, 3.63) is 33.7 Å². The molecular weight excluding hydrogens is 290 g/mol. The van der Waals surface area contributed by atoms with Gasteiger partial charge >= 0.3 is 0 Å². The fraction of sp³-hybridized carbons (Fsp3) is 0.500. The van der Waals surface area contributed by atoms with Crippen molar-refractivity contribution >= 4 is 18.2 Å². The third-order valence-corrected chi connectivity index (χ3v) is 4.49. The Morgan fingerprint density at radius 1 is 1.39 bits per heavy atom. The van der Waals surface area contributed by atoms with Crippen LogP contribution in [-0.4, -0.2) is 57.2 Å². The monoisotopic (exact) mass is 315 g/mol. The van der Waals surface area contributed by atoms with Gasteiger partial charge in [-0.05, 0) is 29.0 Å². The fourth-order valence-corrected chi connectivity index (χ4v) is 3.04. The summed E-state index contributed by atoms with van der Waals surface area (Å²) in [5.41, 5.74) is 1.76. The molecule has 2 heterocycles. The Hall–Kier alpha value is -1.85. The Bertz CT molecular complexity index is 695. The topological polar surface area (TPSA) is 53.6 Å². The third-order valence-electron chi connectivity index (χ3n) is 4.49. The first-order valence-corrected chi connectivity index (χ1v) is 8.22. The zero-order chi connectivity index (χ0) is 16.2. The van der Waals surface area contributed by atoms with Crippen LogP contribution in [0.2, 0.25) is 0 Å². The van der Waals surface area contributed by atoms with E-state index in [1.807, 2.05) is 13.0 Å². The van der Waals surface area contributed by atoms with Crippen molar-refractivity contribution in [3.8, 4) is 0 Å².